The van der Waals surface area contributed by atoms with Gasteiger partial charge in [0.1, 0.15) is 0 Å². The summed E-state index contributed by atoms with van der Waals surface area (Å²) >= 11 is 0. The molecule has 122 valence electrons. The summed E-state index contributed by atoms with van der Waals surface area (Å²) in [6.07, 6.45) is 2.64. The molecule has 0 aromatic heterocycles. The highest BCUT2D eigenvalue weighted by atomic mass is 32.2. The molecule has 0 spiro atoms. The smallest absolute Gasteiger partial charge is 0.251 e. The average Bonchev–Trinajstić information content (AvgIpc) is 3.02. The Bertz CT molecular complexity index is 630. The summed E-state index contributed by atoms with van der Waals surface area (Å²) in [7, 11) is -3.42. The fraction of sp³-hybridized carbons (Fsp3) is 0.562. The van der Waals surface area contributed by atoms with Crippen molar-refractivity contribution in [3.63, 3.8) is 0 Å². The van der Waals surface area contributed by atoms with Gasteiger partial charge in [-0.3, -0.25) is 4.79 Å². The quantitative estimate of drug-likeness (QED) is 0.904. The minimum atomic E-state index is -3.42. The zero-order chi connectivity index (χ0) is 16.4. The number of hydrogen-bond donors (Lipinski definition) is 1. The van der Waals surface area contributed by atoms with E-state index in [4.69, 9.17) is 0 Å². The van der Waals surface area contributed by atoms with Crippen molar-refractivity contribution in [1.29, 1.82) is 0 Å². The van der Waals surface area contributed by atoms with E-state index in [1.807, 2.05) is 20.8 Å². The number of nitrogens with zero attached hydrogens (tertiary/aromatic N) is 1. The van der Waals surface area contributed by atoms with Gasteiger partial charge in [-0.2, -0.15) is 4.31 Å². The van der Waals surface area contributed by atoms with Gasteiger partial charge in [-0.15, -0.1) is 0 Å². The van der Waals surface area contributed by atoms with Crippen molar-refractivity contribution < 1.29 is 13.2 Å². The van der Waals surface area contributed by atoms with Gasteiger partial charge in [-0.1, -0.05) is 6.92 Å². The first kappa shape index (κ1) is 17.0. The third kappa shape index (κ3) is 3.67. The minimum Gasteiger partial charge on any atom is -0.347 e. The van der Waals surface area contributed by atoms with Gasteiger partial charge in [0.05, 0.1) is 4.90 Å². The van der Waals surface area contributed by atoms with E-state index < -0.39 is 10.0 Å². The van der Waals surface area contributed by atoms with Crippen LogP contribution in [-0.4, -0.2) is 37.3 Å². The molecule has 1 aromatic rings. The number of sulfonamides is 1. The Morgan fingerprint density at radius 3 is 2.23 bits per heavy atom. The van der Waals surface area contributed by atoms with E-state index in [2.05, 4.69) is 5.32 Å². The molecule has 5 nitrogen and oxygen atoms in total. The maximum atomic E-state index is 12.4. The van der Waals surface area contributed by atoms with Gasteiger partial charge in [-0.05, 0) is 57.4 Å². The van der Waals surface area contributed by atoms with E-state index >= 15 is 0 Å². The van der Waals surface area contributed by atoms with Crippen LogP contribution in [0.1, 0.15) is 50.4 Å². The van der Waals surface area contributed by atoms with Crippen LogP contribution in [0.5, 0.6) is 0 Å². The monoisotopic (exact) mass is 324 g/mol. The van der Waals surface area contributed by atoms with Gasteiger partial charge in [0.15, 0.2) is 0 Å². The number of rotatable bonds is 5. The highest BCUT2D eigenvalue weighted by molar-refractivity contribution is 7.89. The van der Waals surface area contributed by atoms with Crippen LogP contribution in [-0.2, 0) is 10.0 Å². The zero-order valence-corrected chi connectivity index (χ0v) is 14.2. The van der Waals surface area contributed by atoms with Crippen molar-refractivity contribution in [3.8, 4) is 0 Å². The van der Waals surface area contributed by atoms with Gasteiger partial charge in [0.2, 0.25) is 10.0 Å². The normalized spacial score (nSPS) is 16.7. The van der Waals surface area contributed by atoms with Crippen molar-refractivity contribution in [1.82, 2.24) is 9.62 Å². The van der Waals surface area contributed by atoms with Crippen molar-refractivity contribution in [2.24, 2.45) is 0 Å². The molecule has 6 heteroatoms. The van der Waals surface area contributed by atoms with Crippen molar-refractivity contribution >= 4 is 15.9 Å². The van der Waals surface area contributed by atoms with Crippen LogP contribution < -0.4 is 5.32 Å². The summed E-state index contributed by atoms with van der Waals surface area (Å²) in [6, 6.07) is 6.18. The summed E-state index contributed by atoms with van der Waals surface area (Å²) in [6.45, 7) is 7.07. The highest BCUT2D eigenvalue weighted by Gasteiger charge is 2.27. The molecule has 1 fully saturated rings. The van der Waals surface area contributed by atoms with Crippen LogP contribution in [0.4, 0.5) is 0 Å². The van der Waals surface area contributed by atoms with Crippen LogP contribution in [0.25, 0.3) is 0 Å². The molecule has 0 radical (unpaired) electrons. The van der Waals surface area contributed by atoms with Crippen molar-refractivity contribution in [3.05, 3.63) is 29.8 Å². The molecule has 1 aliphatic heterocycles. The molecule has 0 atom stereocenters. The summed E-state index contributed by atoms with van der Waals surface area (Å²) in [5.41, 5.74) is 0.194. The fourth-order valence-electron chi connectivity index (χ4n) is 2.32. The number of carbonyl (C=O) groups excluding carboxylic acids is 1. The second-order valence-corrected chi connectivity index (χ2v) is 8.27. The summed E-state index contributed by atoms with van der Waals surface area (Å²) in [5, 5.41) is 2.94. The standard InChI is InChI=1S/C16H24N2O3S/c1-4-16(2,3)17-15(19)13-7-9-14(10-8-13)22(20,21)18-11-5-6-12-18/h7-10H,4-6,11-12H2,1-3H3,(H,17,19). The predicted octanol–water partition coefficient (Wildman–Crippen LogP) is 2.39. The highest BCUT2D eigenvalue weighted by Crippen LogP contribution is 2.21. The maximum absolute atomic E-state index is 12.4. The van der Waals surface area contributed by atoms with Gasteiger partial charge in [0.25, 0.3) is 5.91 Å². The number of hydrogen-bond acceptors (Lipinski definition) is 3. The summed E-state index contributed by atoms with van der Waals surface area (Å²) in [4.78, 5) is 12.4. The van der Waals surface area contributed by atoms with E-state index in [0.29, 0.717) is 18.7 Å². The van der Waals surface area contributed by atoms with E-state index in [1.165, 1.54) is 16.4 Å². The van der Waals surface area contributed by atoms with Crippen molar-refractivity contribution in [2.45, 2.75) is 50.5 Å². The second kappa shape index (κ2) is 6.38. The molecular formula is C16H24N2O3S. The van der Waals surface area contributed by atoms with E-state index in [0.717, 1.165) is 19.3 Å². The van der Waals surface area contributed by atoms with Gasteiger partial charge < -0.3 is 5.32 Å². The Morgan fingerprint density at radius 1 is 1.18 bits per heavy atom. The molecule has 2 rings (SSSR count). The molecule has 1 saturated heterocycles. The molecule has 0 aliphatic carbocycles. The summed E-state index contributed by atoms with van der Waals surface area (Å²) in [5.74, 6) is -0.183. The SMILES string of the molecule is CCC(C)(C)NC(=O)c1ccc(S(=O)(=O)N2CCCC2)cc1. The first-order valence-corrected chi connectivity index (χ1v) is 9.13. The predicted molar refractivity (Wildman–Crippen MR) is 86.3 cm³/mol. The molecule has 0 bridgehead atoms. The summed E-state index contributed by atoms with van der Waals surface area (Å²) < 4.78 is 26.3. The Morgan fingerprint density at radius 2 is 1.73 bits per heavy atom. The average molecular weight is 324 g/mol. The topological polar surface area (TPSA) is 66.5 Å². The van der Waals surface area contributed by atoms with Gasteiger partial charge in [-0.25, -0.2) is 8.42 Å². The van der Waals surface area contributed by atoms with Crippen LogP contribution >= 0.6 is 0 Å². The molecule has 22 heavy (non-hydrogen) atoms. The number of amides is 1. The van der Waals surface area contributed by atoms with Crippen molar-refractivity contribution in [2.75, 3.05) is 13.1 Å². The first-order chi connectivity index (χ1) is 10.3. The first-order valence-electron chi connectivity index (χ1n) is 7.69. The number of nitrogens with one attached hydrogen (secondary N) is 1. The lowest BCUT2D eigenvalue weighted by molar-refractivity contribution is 0.0911. The third-order valence-corrected chi connectivity index (χ3v) is 6.07. The van der Waals surface area contributed by atoms with Gasteiger partial charge in [0, 0.05) is 24.2 Å². The molecule has 0 saturated carbocycles. The number of benzene rings is 1. The molecule has 1 aliphatic rings. The Labute approximate surface area is 132 Å². The Hall–Kier alpha value is -1.40. The second-order valence-electron chi connectivity index (χ2n) is 6.33. The Kier molecular flexibility index (Phi) is 4.92. The zero-order valence-electron chi connectivity index (χ0n) is 13.4. The van der Waals surface area contributed by atoms with E-state index in [1.54, 1.807) is 12.1 Å². The lowest BCUT2D eigenvalue weighted by Gasteiger charge is -2.24. The van der Waals surface area contributed by atoms with Crippen LogP contribution in [0.3, 0.4) is 0 Å². The van der Waals surface area contributed by atoms with E-state index in [-0.39, 0.29) is 16.3 Å². The molecular weight excluding hydrogens is 300 g/mol. The van der Waals surface area contributed by atoms with E-state index in [9.17, 15) is 13.2 Å². The van der Waals surface area contributed by atoms with Gasteiger partial charge >= 0.3 is 0 Å². The Balaban J connectivity index is 2.15. The van der Waals surface area contributed by atoms with Crippen LogP contribution in [0.2, 0.25) is 0 Å². The molecule has 1 N–H and O–H groups in total. The largest absolute Gasteiger partial charge is 0.347 e. The minimum absolute atomic E-state index is 0.183. The van der Waals surface area contributed by atoms with Crippen LogP contribution in [0.15, 0.2) is 29.2 Å². The molecule has 1 heterocycles. The third-order valence-electron chi connectivity index (χ3n) is 4.16. The lowest BCUT2D eigenvalue weighted by Crippen LogP contribution is -2.42. The lowest BCUT2D eigenvalue weighted by atomic mass is 10.0. The molecule has 0 unspecified atom stereocenters. The number of carbonyl (C=O) groups is 1. The molecule has 1 amide bonds. The fourth-order valence-corrected chi connectivity index (χ4v) is 3.84. The maximum Gasteiger partial charge on any atom is 0.251 e. The molecule has 1 aromatic carbocycles. The van der Waals surface area contributed by atoms with Crippen LogP contribution in [0, 0.1) is 0 Å².